The minimum Gasteiger partial charge on any atom is -0.493 e. The normalized spacial score (nSPS) is 21.1. The fourth-order valence-electron chi connectivity index (χ4n) is 16.4. The molecule has 0 amide bonds. The van der Waals surface area contributed by atoms with E-state index in [0.29, 0.717) is 93.2 Å². The number of H-pyrrole nitrogens is 4. The van der Waals surface area contributed by atoms with E-state index in [0.717, 1.165) is 38.5 Å². The van der Waals surface area contributed by atoms with Crippen molar-refractivity contribution in [3.05, 3.63) is 137 Å². The van der Waals surface area contributed by atoms with Crippen LogP contribution in [0.15, 0.2) is 112 Å². The molecule has 0 radical (unpaired) electrons. The predicted molar refractivity (Wildman–Crippen MR) is 559 cm³/mol. The monoisotopic (exact) mass is 2090 g/mol. The van der Waals surface area contributed by atoms with E-state index in [2.05, 4.69) is 69.7 Å². The van der Waals surface area contributed by atoms with E-state index >= 15 is 0 Å². The van der Waals surface area contributed by atoms with Gasteiger partial charge in [-0.05, 0) is 255 Å². The van der Waals surface area contributed by atoms with Crippen LogP contribution >= 0.6 is 0 Å². The third-order valence-electron chi connectivity index (χ3n) is 23.5. The SMILES string of the molecule is [2H]C(NS(=O)(=O)c1ccc(OCCC)c(-c2nc3c(C([2H])([2H])CC)nn(C)c3c(=O)[nH]2)c1)C([2H])([2H])C1CCCN1C([2H])([2H])[2H].[2H]C(NS(=O)(=O)c1ccc(OCCC)c(-c2nc3c(CCC)nn(C)c3c(=O)[nH]2)c1)C([2H])([2H])C1CCCN1C([2H])([2H])[2H].[2H]C([2H])(CC)c1nn(C)c2c(=O)[nH]c(-c3cc(S(=O)(=O)NCC([2H])([2H])C4CCCN4C([2H])([2H])[2H])ccc3OCCC)nc12.[2H]C([2H])([2H])N1CCCC1C([2H])([2H])C([2H])([2H])NS(=O)(=O)c1ccc(OCCC)c(-c2nc3c(CCC)nn(C)c3c(=O)[nH]2)c1. The van der Waals surface area contributed by atoms with Crippen molar-refractivity contribution >= 4 is 84.2 Å². The fraction of sp³-hybridized carbons (Fsp3) is 0.560. The minimum absolute atomic E-state index is 0.000666. The highest BCUT2D eigenvalue weighted by Crippen LogP contribution is 2.38. The maximum absolute atomic E-state index is 13.5. The van der Waals surface area contributed by atoms with Gasteiger partial charge in [-0.15, -0.1) is 0 Å². The Morgan fingerprint density at radius 2 is 0.625 bits per heavy atom. The second kappa shape index (κ2) is 49.9. The lowest BCUT2D eigenvalue weighted by molar-refractivity contribution is 0.297. The van der Waals surface area contributed by atoms with Crippen LogP contribution < -0.4 is 60.1 Å². The predicted octanol–water partition coefficient (Wildman–Crippen LogP) is 11.3. The van der Waals surface area contributed by atoms with Crippen LogP contribution in [0, 0.1) is 0 Å². The Hall–Kier alpha value is -11.0. The Kier molecular flexibility index (Phi) is 26.8. The number of aryl methyl sites for hydroxylation is 8. The smallest absolute Gasteiger partial charge is 0.277 e. The zero-order valence-electron chi connectivity index (χ0n) is 110. The van der Waals surface area contributed by atoms with Gasteiger partial charge in [0.2, 0.25) is 40.1 Å². The topological polar surface area (TPSA) is 489 Å². The molecule has 6 atom stereocenters. The summed E-state index contributed by atoms with van der Waals surface area (Å²) < 4.78 is 372. The molecular weight excluding hydrogens is 1920 g/mol. The van der Waals surface area contributed by atoms with Crippen molar-refractivity contribution in [1.82, 2.24) is 117 Å². The van der Waals surface area contributed by atoms with E-state index in [4.69, 9.17) is 57.3 Å². The summed E-state index contributed by atoms with van der Waals surface area (Å²) in [7, 11) is -11.8. The molecule has 44 heteroatoms. The second-order valence-corrected chi connectivity index (χ2v) is 41.2. The Balaban J connectivity index is 0.000000187. The van der Waals surface area contributed by atoms with Gasteiger partial charge in [0.1, 0.15) is 68.4 Å². The number of likely N-dealkylation sites (tertiary alicyclic amines) is 4. The molecule has 0 aliphatic carbocycles. The van der Waals surface area contributed by atoms with Crippen LogP contribution in [0.25, 0.3) is 89.7 Å². The van der Waals surface area contributed by atoms with Crippen LogP contribution in [-0.2, 0) is 93.9 Å². The summed E-state index contributed by atoms with van der Waals surface area (Å²) in [6, 6.07) is 10.5. The number of sulfonamides is 4. The van der Waals surface area contributed by atoms with Gasteiger partial charge in [-0.3, -0.25) is 37.9 Å². The fourth-order valence-corrected chi connectivity index (χ4v) is 20.0. The van der Waals surface area contributed by atoms with Gasteiger partial charge in [-0.1, -0.05) is 81.1 Å². The van der Waals surface area contributed by atoms with Gasteiger partial charge in [0.05, 0.1) is 91.0 Å². The molecule has 784 valence electrons. The lowest BCUT2D eigenvalue weighted by atomic mass is 10.1. The first kappa shape index (κ1) is 77.4. The summed E-state index contributed by atoms with van der Waals surface area (Å²) in [5.41, 5.74) is 0.817. The molecule has 8 aromatic heterocycles. The number of ether oxygens (including phenoxy) is 4. The Morgan fingerprint density at radius 1 is 0.354 bits per heavy atom. The lowest BCUT2D eigenvalue weighted by Crippen LogP contribution is -2.31. The first-order valence-electron chi connectivity index (χ1n) is 61.9. The molecule has 12 heterocycles. The molecule has 8 N–H and O–H groups in total. The number of nitrogens with zero attached hydrogens (tertiary/aromatic N) is 16. The quantitative estimate of drug-likeness (QED) is 0.0176. The van der Waals surface area contributed by atoms with Crippen LogP contribution in [0.3, 0.4) is 0 Å². The Bertz CT molecular complexity index is 8550. The lowest BCUT2D eigenvalue weighted by Gasteiger charge is -2.19. The summed E-state index contributed by atoms with van der Waals surface area (Å²) >= 11 is 0. The number of aromatic amines is 4. The van der Waals surface area contributed by atoms with Crippen molar-refractivity contribution in [3.8, 4) is 68.5 Å². The van der Waals surface area contributed by atoms with E-state index in [-0.39, 0.29) is 212 Å². The van der Waals surface area contributed by atoms with E-state index in [1.165, 1.54) is 99.6 Å². The molecule has 40 nitrogen and oxygen atoms in total. The molecule has 4 fully saturated rings. The van der Waals surface area contributed by atoms with Crippen LogP contribution in [0.1, 0.15) is 245 Å². The average molecular weight is 2090 g/mol. The highest BCUT2D eigenvalue weighted by atomic mass is 32.2. The minimum atomic E-state index is -4.73. The summed E-state index contributed by atoms with van der Waals surface area (Å²) in [4.78, 5) is 83.8. The molecule has 12 aromatic rings. The number of hydrogen-bond acceptors (Lipinski definition) is 28. The van der Waals surface area contributed by atoms with Gasteiger partial charge in [0.25, 0.3) is 22.2 Å². The second-order valence-electron chi connectivity index (χ2n) is 34.3. The molecule has 0 saturated carbocycles. The molecular formula is C100H144N24O16S4. The zero-order valence-corrected chi connectivity index (χ0v) is 85.6. The molecule has 144 heavy (non-hydrogen) atoms. The van der Waals surface area contributed by atoms with Crippen molar-refractivity contribution in [2.24, 2.45) is 28.2 Å². The Labute approximate surface area is 882 Å². The first-order chi connectivity index (χ1) is 79.8. The van der Waals surface area contributed by atoms with Gasteiger partial charge in [0, 0.05) is 117 Å². The molecule has 6 unspecified atom stereocenters. The van der Waals surface area contributed by atoms with E-state index in [1.54, 1.807) is 27.9 Å². The third kappa shape index (κ3) is 26.5. The van der Waals surface area contributed by atoms with Gasteiger partial charge in [-0.2, -0.15) is 20.4 Å². The number of benzene rings is 4. The van der Waals surface area contributed by atoms with E-state index in [9.17, 15) is 52.8 Å². The molecule has 16 rings (SSSR count). The summed E-state index contributed by atoms with van der Waals surface area (Å²) in [5, 5.41) is 17.2. The molecule has 4 saturated heterocycles. The zero-order chi connectivity index (χ0) is 128. The summed E-state index contributed by atoms with van der Waals surface area (Å²) in [5.74, 6) is 0.816. The number of hydrogen-bond donors (Lipinski definition) is 8. The van der Waals surface area contributed by atoms with Gasteiger partial charge in [-0.25, -0.2) is 72.5 Å². The standard InChI is InChI=1S/4C25H36N6O4S/c4*1-5-8-20-22-23(31(4)29-20)25(32)28-24(27-22)19-16-18(10-11-21(19)35-15-6-2)36(33,34)26-13-12-17-9-7-14-30(17)3/h4*10-11,16-17,26H,5-9,12-15H2,1-4H3,(H,27,28,32)/i3D3,8D2,12D2,13D;3D3,12D2,13D2;3D3,12D2,13D;3D3,8D2,12D2. The largest absolute Gasteiger partial charge is 0.493 e. The van der Waals surface area contributed by atoms with Crippen LogP contribution in [0.5, 0.6) is 23.0 Å². The highest BCUT2D eigenvalue weighted by molar-refractivity contribution is 7.90. The molecule has 0 bridgehead atoms. The number of aromatic nitrogens is 16. The molecule has 4 aromatic carbocycles. The van der Waals surface area contributed by atoms with Gasteiger partial charge >= 0.3 is 0 Å². The van der Waals surface area contributed by atoms with E-state index in [1.807, 2.05) is 51.0 Å². The van der Waals surface area contributed by atoms with Crippen molar-refractivity contribution < 1.29 is 91.0 Å². The van der Waals surface area contributed by atoms with Crippen molar-refractivity contribution in [2.45, 2.75) is 253 Å². The summed E-state index contributed by atoms with van der Waals surface area (Å²) in [6.07, 6.45) is -6.41. The van der Waals surface area contributed by atoms with Crippen LogP contribution in [0.4, 0.5) is 0 Å². The van der Waals surface area contributed by atoms with Crippen molar-refractivity contribution in [1.29, 1.82) is 0 Å². The highest BCUT2D eigenvalue weighted by Gasteiger charge is 2.32. The maximum atomic E-state index is 13.5. The van der Waals surface area contributed by atoms with Gasteiger partial charge in [0.15, 0.2) is 22.1 Å². The number of nitrogens with one attached hydrogen (secondary N) is 8. The third-order valence-corrected chi connectivity index (χ3v) is 28.7. The first-order valence-corrected chi connectivity index (χ1v) is 53.7. The van der Waals surface area contributed by atoms with Gasteiger partial charge < -0.3 is 58.5 Å². The van der Waals surface area contributed by atoms with Crippen LogP contribution in [0.2, 0.25) is 0 Å². The summed E-state index contributed by atoms with van der Waals surface area (Å²) in [6.45, 7) is -2.00. The number of rotatable bonds is 44. The molecule has 0 spiro atoms. The van der Waals surface area contributed by atoms with E-state index < -0.39 is 184 Å². The van der Waals surface area contributed by atoms with Crippen molar-refractivity contribution in [3.63, 3.8) is 0 Å². The average Bonchev–Trinajstić information content (AvgIpc) is 1.45. The van der Waals surface area contributed by atoms with Crippen LogP contribution in [-0.4, -0.2) is 263 Å². The Morgan fingerprint density at radius 3 is 0.910 bits per heavy atom. The molecule has 4 aliphatic heterocycles. The van der Waals surface area contributed by atoms with Crippen molar-refractivity contribution in [2.75, 3.05) is 107 Å². The maximum Gasteiger partial charge on any atom is 0.277 e. The molecule has 4 aliphatic rings. The number of fused-ring (bicyclic) bond motifs is 4.